The molecular weight excluding hydrogens is 312 g/mol. The monoisotopic (exact) mass is 332 g/mol. The second-order valence-corrected chi connectivity index (χ2v) is 6.00. The molecule has 0 bridgehead atoms. The van der Waals surface area contributed by atoms with Crippen LogP contribution in [0.15, 0.2) is 60.7 Å². The van der Waals surface area contributed by atoms with Gasteiger partial charge in [0.15, 0.2) is 11.5 Å². The van der Waals surface area contributed by atoms with Crippen LogP contribution in [0.2, 0.25) is 0 Å². The molecule has 0 radical (unpaired) electrons. The molecule has 126 valence electrons. The Kier molecular flexibility index (Phi) is 4.75. The van der Waals surface area contributed by atoms with Crippen molar-refractivity contribution in [1.29, 1.82) is 0 Å². The van der Waals surface area contributed by atoms with Gasteiger partial charge in [-0.3, -0.25) is 4.79 Å². The highest BCUT2D eigenvalue weighted by Crippen LogP contribution is 2.18. The quantitative estimate of drug-likeness (QED) is 0.781. The minimum Gasteiger partial charge on any atom is -0.339 e. The minimum absolute atomic E-state index is 0.198. The number of rotatable bonds is 4. The summed E-state index contributed by atoms with van der Waals surface area (Å²) in [5.74, 6) is 0.403. The number of anilines is 3. The van der Waals surface area contributed by atoms with Gasteiger partial charge in [0.1, 0.15) is 0 Å². The highest BCUT2D eigenvalue weighted by Gasteiger charge is 2.15. The normalized spacial score (nSPS) is 10.4. The van der Waals surface area contributed by atoms with Gasteiger partial charge in [0.2, 0.25) is 0 Å². The van der Waals surface area contributed by atoms with E-state index in [9.17, 15) is 4.79 Å². The zero-order valence-electron chi connectivity index (χ0n) is 14.5. The van der Waals surface area contributed by atoms with Crippen molar-refractivity contribution < 1.29 is 4.79 Å². The van der Waals surface area contributed by atoms with Gasteiger partial charge < -0.3 is 10.2 Å². The lowest BCUT2D eigenvalue weighted by atomic mass is 10.1. The molecule has 3 rings (SSSR count). The van der Waals surface area contributed by atoms with Gasteiger partial charge in [0.05, 0.1) is 0 Å². The predicted octanol–water partition coefficient (Wildman–Crippen LogP) is 4.11. The van der Waals surface area contributed by atoms with E-state index in [0.29, 0.717) is 11.5 Å². The van der Waals surface area contributed by atoms with Crippen LogP contribution < -0.4 is 10.2 Å². The molecule has 1 amide bonds. The van der Waals surface area contributed by atoms with Gasteiger partial charge in [-0.15, -0.1) is 10.2 Å². The van der Waals surface area contributed by atoms with Crippen LogP contribution in [0.1, 0.15) is 21.6 Å². The average Bonchev–Trinajstić information content (AvgIpc) is 2.61. The summed E-state index contributed by atoms with van der Waals surface area (Å²) < 4.78 is 0. The number of carbonyl (C=O) groups is 1. The Balaban J connectivity index is 1.74. The molecule has 5 nitrogen and oxygen atoms in total. The predicted molar refractivity (Wildman–Crippen MR) is 100 cm³/mol. The van der Waals surface area contributed by atoms with E-state index in [0.717, 1.165) is 11.4 Å². The van der Waals surface area contributed by atoms with E-state index in [-0.39, 0.29) is 5.91 Å². The summed E-state index contributed by atoms with van der Waals surface area (Å²) in [6, 6.07) is 19.1. The van der Waals surface area contributed by atoms with Crippen molar-refractivity contribution in [2.24, 2.45) is 0 Å². The van der Waals surface area contributed by atoms with E-state index < -0.39 is 0 Å². The van der Waals surface area contributed by atoms with Crippen molar-refractivity contribution in [2.45, 2.75) is 13.8 Å². The molecule has 0 saturated heterocycles. The summed E-state index contributed by atoms with van der Waals surface area (Å²) in [4.78, 5) is 14.1. The van der Waals surface area contributed by atoms with Crippen molar-refractivity contribution in [3.05, 3.63) is 77.5 Å². The summed E-state index contributed by atoms with van der Waals surface area (Å²) in [5, 5.41) is 11.4. The number of benzene rings is 2. The molecule has 3 aromatic rings. The summed E-state index contributed by atoms with van der Waals surface area (Å²) in [5.41, 5.74) is 4.41. The number of carbonyl (C=O) groups excluding carboxylic acids is 1. The maximum atomic E-state index is 12.5. The molecule has 0 fully saturated rings. The molecule has 0 spiro atoms. The number of hydrogen-bond donors (Lipinski definition) is 1. The summed E-state index contributed by atoms with van der Waals surface area (Å²) in [7, 11) is 1.72. The highest BCUT2D eigenvalue weighted by molar-refractivity contribution is 6.04. The molecule has 0 atom stereocenters. The van der Waals surface area contributed by atoms with E-state index >= 15 is 0 Å². The SMILES string of the molecule is Cc1cc(C)cc(Nc2ccc(C(=O)N(C)c3ccccc3)nn2)c1. The van der Waals surface area contributed by atoms with Crippen LogP contribution in [-0.4, -0.2) is 23.2 Å². The van der Waals surface area contributed by atoms with Gasteiger partial charge in [-0.05, 0) is 61.4 Å². The minimum atomic E-state index is -0.198. The first kappa shape index (κ1) is 16.6. The molecule has 2 aromatic carbocycles. The Morgan fingerprint density at radius 3 is 2.20 bits per heavy atom. The van der Waals surface area contributed by atoms with E-state index in [2.05, 4.69) is 21.6 Å². The second-order valence-electron chi connectivity index (χ2n) is 6.00. The number of nitrogens with zero attached hydrogens (tertiary/aromatic N) is 3. The average molecular weight is 332 g/mol. The number of aromatic nitrogens is 2. The van der Waals surface area contributed by atoms with E-state index in [1.54, 1.807) is 24.1 Å². The zero-order chi connectivity index (χ0) is 17.8. The first-order chi connectivity index (χ1) is 12.0. The fraction of sp³-hybridized carbons (Fsp3) is 0.150. The van der Waals surface area contributed by atoms with Crippen LogP contribution in [0, 0.1) is 13.8 Å². The third kappa shape index (κ3) is 4.01. The lowest BCUT2D eigenvalue weighted by Gasteiger charge is -2.16. The van der Waals surface area contributed by atoms with Crippen LogP contribution in [0.25, 0.3) is 0 Å². The smallest absolute Gasteiger partial charge is 0.278 e. The molecule has 25 heavy (non-hydrogen) atoms. The van der Waals surface area contributed by atoms with E-state index in [1.165, 1.54) is 11.1 Å². The topological polar surface area (TPSA) is 58.1 Å². The number of nitrogens with one attached hydrogen (secondary N) is 1. The van der Waals surface area contributed by atoms with Crippen molar-refractivity contribution in [3.8, 4) is 0 Å². The van der Waals surface area contributed by atoms with Gasteiger partial charge >= 0.3 is 0 Å². The first-order valence-electron chi connectivity index (χ1n) is 8.05. The Hall–Kier alpha value is -3.21. The van der Waals surface area contributed by atoms with Crippen molar-refractivity contribution in [1.82, 2.24) is 10.2 Å². The summed E-state index contributed by atoms with van der Waals surface area (Å²) in [6.45, 7) is 4.09. The largest absolute Gasteiger partial charge is 0.339 e. The standard InChI is InChI=1S/C20H20N4O/c1-14-11-15(2)13-16(12-14)21-19-10-9-18(22-23-19)20(25)24(3)17-7-5-4-6-8-17/h4-13H,1-3H3,(H,21,23). The molecule has 1 N–H and O–H groups in total. The molecule has 0 aliphatic carbocycles. The molecule has 0 saturated carbocycles. The molecule has 0 unspecified atom stereocenters. The van der Waals surface area contributed by atoms with Gasteiger partial charge in [-0.25, -0.2) is 0 Å². The van der Waals surface area contributed by atoms with E-state index in [1.807, 2.05) is 56.3 Å². The van der Waals surface area contributed by atoms with Gasteiger partial charge in [0.25, 0.3) is 5.91 Å². The lowest BCUT2D eigenvalue weighted by Crippen LogP contribution is -2.27. The van der Waals surface area contributed by atoms with Crippen LogP contribution >= 0.6 is 0 Å². The maximum Gasteiger partial charge on any atom is 0.278 e. The highest BCUT2D eigenvalue weighted by atomic mass is 16.2. The Morgan fingerprint density at radius 1 is 0.920 bits per heavy atom. The van der Waals surface area contributed by atoms with Gasteiger partial charge in [-0.1, -0.05) is 24.3 Å². The number of para-hydroxylation sites is 1. The van der Waals surface area contributed by atoms with E-state index in [4.69, 9.17) is 0 Å². The van der Waals surface area contributed by atoms with Crippen LogP contribution in [-0.2, 0) is 0 Å². The third-order valence-electron chi connectivity index (χ3n) is 3.83. The van der Waals surface area contributed by atoms with Crippen LogP contribution in [0.5, 0.6) is 0 Å². The van der Waals surface area contributed by atoms with Crippen molar-refractivity contribution in [2.75, 3.05) is 17.3 Å². The molecular formula is C20H20N4O. The molecule has 1 aromatic heterocycles. The molecule has 5 heteroatoms. The Labute approximate surface area is 147 Å². The first-order valence-corrected chi connectivity index (χ1v) is 8.05. The van der Waals surface area contributed by atoms with Crippen molar-refractivity contribution >= 4 is 23.1 Å². The Morgan fingerprint density at radius 2 is 1.60 bits per heavy atom. The molecule has 0 aliphatic rings. The lowest BCUT2D eigenvalue weighted by molar-refractivity contribution is 0.0987. The number of aryl methyl sites for hydroxylation is 2. The zero-order valence-corrected chi connectivity index (χ0v) is 14.5. The number of amides is 1. The fourth-order valence-corrected chi connectivity index (χ4v) is 2.65. The second kappa shape index (κ2) is 7.13. The summed E-state index contributed by atoms with van der Waals surface area (Å²) >= 11 is 0. The summed E-state index contributed by atoms with van der Waals surface area (Å²) in [6.07, 6.45) is 0. The van der Waals surface area contributed by atoms with Crippen LogP contribution in [0.4, 0.5) is 17.2 Å². The maximum absolute atomic E-state index is 12.5. The van der Waals surface area contributed by atoms with Crippen molar-refractivity contribution in [3.63, 3.8) is 0 Å². The molecule has 1 heterocycles. The third-order valence-corrected chi connectivity index (χ3v) is 3.83. The van der Waals surface area contributed by atoms with Gasteiger partial charge in [0, 0.05) is 18.4 Å². The fourth-order valence-electron chi connectivity index (χ4n) is 2.65. The van der Waals surface area contributed by atoms with Gasteiger partial charge in [-0.2, -0.15) is 0 Å². The van der Waals surface area contributed by atoms with Crippen LogP contribution in [0.3, 0.4) is 0 Å². The Bertz CT molecular complexity index is 856. The molecule has 0 aliphatic heterocycles. The number of hydrogen-bond acceptors (Lipinski definition) is 4.